The molecule has 0 aromatic carbocycles. The fraction of sp³-hybridized carbons (Fsp3) is 0.143. The van der Waals surface area contributed by atoms with E-state index in [0.29, 0.717) is 0 Å². The first-order chi connectivity index (χ1) is 7.00. The van der Waals surface area contributed by atoms with E-state index < -0.39 is 17.7 Å². The number of anilines is 1. The van der Waals surface area contributed by atoms with Gasteiger partial charge in [-0.3, -0.25) is 0 Å². The molecule has 15 heavy (non-hydrogen) atoms. The number of rotatable bonds is 3. The number of aromatic nitrogens is 1. The van der Waals surface area contributed by atoms with Gasteiger partial charge in [-0.15, -0.1) is 11.3 Å². The molecule has 8 heteroatoms. The van der Waals surface area contributed by atoms with Gasteiger partial charge < -0.3 is 15.7 Å². The summed E-state index contributed by atoms with van der Waals surface area (Å²) in [6, 6.07) is 0. The maximum Gasteiger partial charge on any atom is 0.360 e. The maximum absolute atomic E-state index is 10.7. The number of hydrogen-bond donors (Lipinski definition) is 2. The zero-order valence-electron chi connectivity index (χ0n) is 7.63. The van der Waals surface area contributed by atoms with Crippen molar-refractivity contribution in [2.45, 2.75) is 6.92 Å². The van der Waals surface area contributed by atoms with Crippen molar-refractivity contribution < 1.29 is 19.5 Å². The van der Waals surface area contributed by atoms with Crippen LogP contribution in [0.25, 0.3) is 0 Å². The second-order valence-electron chi connectivity index (χ2n) is 2.40. The molecule has 1 aromatic rings. The van der Waals surface area contributed by atoms with Crippen LogP contribution in [-0.2, 0) is 14.4 Å². The van der Waals surface area contributed by atoms with Gasteiger partial charge in [0.2, 0.25) is 5.71 Å². The Hall–Kier alpha value is -1.96. The highest BCUT2D eigenvalue weighted by Gasteiger charge is 2.17. The van der Waals surface area contributed by atoms with Crippen LogP contribution >= 0.6 is 11.3 Å². The van der Waals surface area contributed by atoms with Crippen molar-refractivity contribution in [3.8, 4) is 0 Å². The molecule has 0 saturated heterocycles. The van der Waals surface area contributed by atoms with Crippen LogP contribution in [0.15, 0.2) is 10.5 Å². The Labute approximate surface area is 88.2 Å². The van der Waals surface area contributed by atoms with Crippen LogP contribution in [0.4, 0.5) is 5.13 Å². The molecule has 0 saturated carbocycles. The van der Waals surface area contributed by atoms with Crippen molar-refractivity contribution in [2.24, 2.45) is 5.16 Å². The zero-order valence-corrected chi connectivity index (χ0v) is 8.45. The Kier molecular flexibility index (Phi) is 3.34. The monoisotopic (exact) mass is 229 g/mol. The number of oxime groups is 1. The van der Waals surface area contributed by atoms with Gasteiger partial charge in [0.1, 0.15) is 5.69 Å². The van der Waals surface area contributed by atoms with Crippen LogP contribution in [0.3, 0.4) is 0 Å². The molecule has 1 rings (SSSR count). The number of aliphatic carboxylic acids is 1. The van der Waals surface area contributed by atoms with Crippen molar-refractivity contribution in [3.05, 3.63) is 11.1 Å². The molecule has 1 aromatic heterocycles. The van der Waals surface area contributed by atoms with Crippen LogP contribution in [0.2, 0.25) is 0 Å². The summed E-state index contributed by atoms with van der Waals surface area (Å²) in [7, 11) is 0. The molecule has 0 aliphatic carbocycles. The largest absolute Gasteiger partial charge is 0.476 e. The van der Waals surface area contributed by atoms with Crippen LogP contribution in [0.5, 0.6) is 0 Å². The molecule has 80 valence electrons. The van der Waals surface area contributed by atoms with Gasteiger partial charge in [-0.25, -0.2) is 14.6 Å². The summed E-state index contributed by atoms with van der Waals surface area (Å²) >= 11 is 1.07. The number of nitrogens with two attached hydrogens (primary N) is 1. The summed E-state index contributed by atoms with van der Waals surface area (Å²) in [5.74, 6) is -2.06. The van der Waals surface area contributed by atoms with E-state index in [1.54, 1.807) is 0 Å². The first kappa shape index (κ1) is 11.1. The number of hydrogen-bond acceptors (Lipinski definition) is 7. The number of carbonyl (C=O) groups excluding carboxylic acids is 1. The maximum atomic E-state index is 10.7. The quantitative estimate of drug-likeness (QED) is 0.430. The first-order valence-corrected chi connectivity index (χ1v) is 4.59. The second-order valence-corrected chi connectivity index (χ2v) is 3.29. The average molecular weight is 229 g/mol. The molecule has 0 radical (unpaired) electrons. The standard InChI is InChI=1S/C7H7N3O4S/c1-3(11)14-10-5(6(12)13)4-2-15-7(8)9-4/h2H,1H3,(H2,8,9)(H,12,13)/b10-5-. The van der Waals surface area contributed by atoms with E-state index in [4.69, 9.17) is 10.8 Å². The minimum absolute atomic E-state index is 0.0613. The molecule has 0 fully saturated rings. The van der Waals surface area contributed by atoms with Crippen molar-refractivity contribution in [1.29, 1.82) is 0 Å². The highest BCUT2D eigenvalue weighted by atomic mass is 32.1. The van der Waals surface area contributed by atoms with Gasteiger partial charge in [0.15, 0.2) is 5.13 Å². The predicted octanol–water partition coefficient (Wildman–Crippen LogP) is 0.0771. The fourth-order valence-electron chi connectivity index (χ4n) is 0.702. The number of nitrogen functional groups attached to an aromatic ring is 1. The molecule has 0 unspecified atom stereocenters. The Morgan fingerprint density at radius 1 is 1.67 bits per heavy atom. The van der Waals surface area contributed by atoms with Crippen LogP contribution < -0.4 is 5.73 Å². The Morgan fingerprint density at radius 3 is 2.73 bits per heavy atom. The zero-order chi connectivity index (χ0) is 11.4. The lowest BCUT2D eigenvalue weighted by atomic mass is 10.3. The van der Waals surface area contributed by atoms with Gasteiger partial charge in [0, 0.05) is 12.3 Å². The summed E-state index contributed by atoms with van der Waals surface area (Å²) < 4.78 is 0. The molecular formula is C7H7N3O4S. The van der Waals surface area contributed by atoms with E-state index in [2.05, 4.69) is 15.0 Å². The van der Waals surface area contributed by atoms with E-state index in [9.17, 15) is 9.59 Å². The topological polar surface area (TPSA) is 115 Å². The van der Waals surface area contributed by atoms with Gasteiger partial charge in [0.05, 0.1) is 0 Å². The third-order valence-corrected chi connectivity index (χ3v) is 1.91. The summed E-state index contributed by atoms with van der Waals surface area (Å²) in [6.07, 6.45) is 0. The van der Waals surface area contributed by atoms with Crippen molar-refractivity contribution in [1.82, 2.24) is 4.98 Å². The van der Waals surface area contributed by atoms with Gasteiger partial charge in [-0.05, 0) is 0 Å². The Morgan fingerprint density at radius 2 is 2.33 bits per heavy atom. The summed E-state index contributed by atoms with van der Waals surface area (Å²) in [5, 5.41) is 13.5. The Bertz CT molecular complexity index is 426. The van der Waals surface area contributed by atoms with Crippen molar-refractivity contribution in [2.75, 3.05) is 5.73 Å². The predicted molar refractivity (Wildman–Crippen MR) is 52.5 cm³/mol. The van der Waals surface area contributed by atoms with Crippen molar-refractivity contribution in [3.63, 3.8) is 0 Å². The molecule has 0 spiro atoms. The summed E-state index contributed by atoms with van der Waals surface area (Å²) in [4.78, 5) is 29.1. The molecule has 0 aliphatic heterocycles. The fourth-order valence-corrected chi connectivity index (χ4v) is 1.25. The smallest absolute Gasteiger partial charge is 0.360 e. The molecule has 1 heterocycles. The minimum Gasteiger partial charge on any atom is -0.476 e. The Balaban J connectivity index is 2.98. The molecule has 7 nitrogen and oxygen atoms in total. The molecule has 0 amide bonds. The number of nitrogens with zero attached hydrogens (tertiary/aromatic N) is 2. The van der Waals surface area contributed by atoms with Gasteiger partial charge >= 0.3 is 11.9 Å². The lowest BCUT2D eigenvalue weighted by Crippen LogP contribution is -2.16. The molecule has 0 bridgehead atoms. The van der Waals surface area contributed by atoms with Crippen LogP contribution in [0.1, 0.15) is 12.6 Å². The van der Waals surface area contributed by atoms with Gasteiger partial charge in [-0.2, -0.15) is 0 Å². The van der Waals surface area contributed by atoms with E-state index >= 15 is 0 Å². The lowest BCUT2D eigenvalue weighted by molar-refractivity contribution is -0.141. The highest BCUT2D eigenvalue weighted by molar-refractivity contribution is 7.13. The van der Waals surface area contributed by atoms with Gasteiger partial charge in [-0.1, -0.05) is 5.16 Å². The summed E-state index contributed by atoms with van der Waals surface area (Å²) in [6.45, 7) is 1.11. The number of carboxylic acid groups (broad SMARTS) is 1. The van der Waals surface area contributed by atoms with Crippen molar-refractivity contribution >= 4 is 34.1 Å². The van der Waals surface area contributed by atoms with E-state index in [1.807, 2.05) is 0 Å². The SMILES string of the molecule is CC(=O)O/N=C(\C(=O)O)c1csc(N)n1. The average Bonchev–Trinajstić information content (AvgIpc) is 2.51. The van der Waals surface area contributed by atoms with Crippen LogP contribution in [-0.4, -0.2) is 27.7 Å². The number of thiazole rings is 1. The molecule has 3 N–H and O–H groups in total. The second kappa shape index (κ2) is 4.51. The van der Waals surface area contributed by atoms with E-state index in [1.165, 1.54) is 5.38 Å². The molecular weight excluding hydrogens is 222 g/mol. The number of carboxylic acids is 1. The third-order valence-electron chi connectivity index (χ3n) is 1.23. The summed E-state index contributed by atoms with van der Waals surface area (Å²) in [5.41, 5.74) is 4.93. The normalized spacial score (nSPS) is 11.1. The molecule has 0 aliphatic rings. The highest BCUT2D eigenvalue weighted by Crippen LogP contribution is 2.12. The van der Waals surface area contributed by atoms with Crippen LogP contribution in [0, 0.1) is 0 Å². The third kappa shape index (κ3) is 3.02. The lowest BCUT2D eigenvalue weighted by Gasteiger charge is -1.95. The van der Waals surface area contributed by atoms with E-state index in [-0.39, 0.29) is 10.8 Å². The molecule has 0 atom stereocenters. The minimum atomic E-state index is -1.35. The number of carbonyl (C=O) groups is 2. The first-order valence-electron chi connectivity index (χ1n) is 3.71. The van der Waals surface area contributed by atoms with Gasteiger partial charge in [0.25, 0.3) is 0 Å². The van der Waals surface area contributed by atoms with E-state index in [0.717, 1.165) is 18.3 Å².